The highest BCUT2D eigenvalue weighted by molar-refractivity contribution is 7.47. The number of allylic oxidation sites excluding steroid dienone is 3. The van der Waals surface area contributed by atoms with Gasteiger partial charge in [-0.3, -0.25) is 13.8 Å². The van der Waals surface area contributed by atoms with Crippen LogP contribution in [0.25, 0.3) is 0 Å². The molecule has 9 heteroatoms. The largest absolute Gasteiger partial charge is 0.472 e. The number of likely N-dealkylation sites (N-methyl/N-ethyl adjacent to an activating group) is 1. The van der Waals surface area contributed by atoms with Gasteiger partial charge in [-0.05, 0) is 32.1 Å². The van der Waals surface area contributed by atoms with E-state index in [0.717, 1.165) is 44.9 Å². The van der Waals surface area contributed by atoms with Crippen molar-refractivity contribution in [2.24, 2.45) is 0 Å². The average Bonchev–Trinajstić information content (AvgIpc) is 2.88. The first kappa shape index (κ1) is 39.0. The number of nitrogens with zero attached hydrogens (tertiary/aromatic N) is 1. The van der Waals surface area contributed by atoms with E-state index in [-0.39, 0.29) is 19.1 Å². The molecule has 236 valence electrons. The maximum Gasteiger partial charge on any atom is 0.472 e. The van der Waals surface area contributed by atoms with Gasteiger partial charge >= 0.3 is 7.82 Å². The zero-order valence-corrected chi connectivity index (χ0v) is 27.2. The number of rotatable bonds is 27. The summed E-state index contributed by atoms with van der Waals surface area (Å²) in [6.45, 7) is 4.61. The lowest BCUT2D eigenvalue weighted by molar-refractivity contribution is -0.870. The number of hydrogen-bond acceptors (Lipinski definition) is 5. The SMILES string of the molecule is CCCCCCCCCC/C=C/CC/C=C/C(O)C(COP(=O)(O)OCC[N+](C)(C)C)NC(=O)CCCCCC. The van der Waals surface area contributed by atoms with Crippen molar-refractivity contribution in [1.82, 2.24) is 5.32 Å². The normalized spacial score (nSPS) is 15.5. The molecule has 0 aliphatic heterocycles. The first-order valence-corrected chi connectivity index (χ1v) is 17.2. The van der Waals surface area contributed by atoms with Crippen LogP contribution in [0.1, 0.15) is 117 Å². The minimum atomic E-state index is -4.31. The second-order valence-corrected chi connectivity index (χ2v) is 13.3. The summed E-state index contributed by atoms with van der Waals surface area (Å²) >= 11 is 0. The van der Waals surface area contributed by atoms with Crippen LogP contribution in [-0.2, 0) is 18.4 Å². The van der Waals surface area contributed by atoms with Gasteiger partial charge in [0.1, 0.15) is 13.2 Å². The lowest BCUT2D eigenvalue weighted by atomic mass is 10.1. The van der Waals surface area contributed by atoms with E-state index in [1.54, 1.807) is 6.08 Å². The molecule has 0 heterocycles. The summed E-state index contributed by atoms with van der Waals surface area (Å²) in [6, 6.07) is -0.852. The predicted octanol–water partition coefficient (Wildman–Crippen LogP) is 7.07. The zero-order chi connectivity index (χ0) is 30.1. The fourth-order valence-electron chi connectivity index (χ4n) is 4.05. The van der Waals surface area contributed by atoms with Crippen molar-refractivity contribution in [3.05, 3.63) is 24.3 Å². The first-order chi connectivity index (χ1) is 19.0. The highest BCUT2D eigenvalue weighted by Gasteiger charge is 2.27. The number of quaternary nitrogens is 1. The molecule has 3 unspecified atom stereocenters. The third kappa shape index (κ3) is 25.9. The zero-order valence-electron chi connectivity index (χ0n) is 26.3. The molecule has 0 radical (unpaired) electrons. The number of unbranched alkanes of at least 4 members (excludes halogenated alkanes) is 12. The lowest BCUT2D eigenvalue weighted by Gasteiger charge is -2.25. The number of phosphoric ester groups is 1. The summed E-state index contributed by atoms with van der Waals surface area (Å²) in [5.41, 5.74) is 0. The van der Waals surface area contributed by atoms with Gasteiger partial charge in [0.15, 0.2) is 0 Å². The molecule has 0 rings (SSSR count). The van der Waals surface area contributed by atoms with Crippen molar-refractivity contribution in [3.8, 4) is 0 Å². The molecule has 0 aliphatic carbocycles. The van der Waals surface area contributed by atoms with E-state index in [1.165, 1.54) is 51.4 Å². The molecular weight excluding hydrogens is 527 g/mol. The molecule has 0 spiro atoms. The van der Waals surface area contributed by atoms with E-state index in [4.69, 9.17) is 9.05 Å². The van der Waals surface area contributed by atoms with Crippen LogP contribution < -0.4 is 5.32 Å². The molecule has 0 fully saturated rings. The number of aliphatic hydroxyl groups is 1. The van der Waals surface area contributed by atoms with E-state index in [1.807, 2.05) is 27.2 Å². The van der Waals surface area contributed by atoms with Gasteiger partial charge in [0.25, 0.3) is 0 Å². The Morgan fingerprint density at radius 1 is 0.825 bits per heavy atom. The van der Waals surface area contributed by atoms with Crippen molar-refractivity contribution in [1.29, 1.82) is 0 Å². The summed E-state index contributed by atoms with van der Waals surface area (Å²) in [6.07, 6.45) is 24.4. The monoisotopic (exact) mass is 589 g/mol. The molecule has 0 aliphatic rings. The molecule has 0 saturated carbocycles. The second kappa shape index (κ2) is 24.6. The van der Waals surface area contributed by atoms with E-state index in [9.17, 15) is 19.4 Å². The third-order valence-corrected chi connectivity index (χ3v) is 7.66. The summed E-state index contributed by atoms with van der Waals surface area (Å²) in [5.74, 6) is -0.209. The van der Waals surface area contributed by atoms with Crippen LogP contribution in [0.3, 0.4) is 0 Å². The van der Waals surface area contributed by atoms with E-state index < -0.39 is 20.0 Å². The van der Waals surface area contributed by atoms with Crippen LogP contribution >= 0.6 is 7.82 Å². The molecule has 3 atom stereocenters. The van der Waals surface area contributed by atoms with E-state index in [2.05, 4.69) is 31.3 Å². The van der Waals surface area contributed by atoms with E-state index >= 15 is 0 Å². The summed E-state index contributed by atoms with van der Waals surface area (Å²) in [4.78, 5) is 22.5. The first-order valence-electron chi connectivity index (χ1n) is 15.7. The lowest BCUT2D eigenvalue weighted by Crippen LogP contribution is -2.45. The maximum atomic E-state index is 12.5. The molecule has 0 aromatic carbocycles. The Balaban J connectivity index is 4.58. The van der Waals surface area contributed by atoms with Crippen molar-refractivity contribution < 1.29 is 32.9 Å². The maximum absolute atomic E-state index is 12.5. The third-order valence-electron chi connectivity index (χ3n) is 6.67. The van der Waals surface area contributed by atoms with Crippen molar-refractivity contribution >= 4 is 13.7 Å². The number of carbonyl (C=O) groups excluding carboxylic acids is 1. The van der Waals surface area contributed by atoms with Gasteiger partial charge in [0.2, 0.25) is 5.91 Å². The second-order valence-electron chi connectivity index (χ2n) is 11.8. The van der Waals surface area contributed by atoms with Crippen molar-refractivity contribution in [3.63, 3.8) is 0 Å². The van der Waals surface area contributed by atoms with E-state index in [0.29, 0.717) is 17.4 Å². The fraction of sp³-hybridized carbons (Fsp3) is 0.839. The standard InChI is InChI=1S/C31H61N2O6P/c1-6-8-10-12-13-14-15-16-17-18-19-20-21-22-24-30(34)29(32-31(35)25-23-11-9-7-2)28-39-40(36,37)38-27-26-33(3,4)5/h18-19,22,24,29-30,34H,6-17,20-21,23,25-28H2,1-5H3,(H-,32,35,36,37)/p+1/b19-18+,24-22+. The Hall–Kier alpha value is -1.02. The molecule has 3 N–H and O–H groups in total. The summed E-state index contributed by atoms with van der Waals surface area (Å²) < 4.78 is 23.1. The number of hydrogen-bond donors (Lipinski definition) is 3. The molecule has 40 heavy (non-hydrogen) atoms. The van der Waals surface area contributed by atoms with Crippen LogP contribution in [0, 0.1) is 0 Å². The molecular formula is C31H62N2O6P+. The predicted molar refractivity (Wildman–Crippen MR) is 166 cm³/mol. The Labute approximate surface area is 245 Å². The Bertz CT molecular complexity index is 723. The highest BCUT2D eigenvalue weighted by atomic mass is 31.2. The van der Waals surface area contributed by atoms with Crippen LogP contribution in [0.15, 0.2) is 24.3 Å². The Kier molecular flexibility index (Phi) is 23.9. The topological polar surface area (TPSA) is 105 Å². The highest BCUT2D eigenvalue weighted by Crippen LogP contribution is 2.43. The smallest absolute Gasteiger partial charge is 0.387 e. The molecule has 0 saturated heterocycles. The Morgan fingerprint density at radius 3 is 2.00 bits per heavy atom. The Morgan fingerprint density at radius 2 is 1.38 bits per heavy atom. The minimum absolute atomic E-state index is 0.0563. The van der Waals surface area contributed by atoms with Crippen LogP contribution in [-0.4, -0.2) is 73.4 Å². The number of nitrogens with one attached hydrogen (secondary N) is 1. The molecule has 8 nitrogen and oxygen atoms in total. The number of aliphatic hydroxyl groups excluding tert-OH is 1. The van der Waals surface area contributed by atoms with Crippen LogP contribution in [0.5, 0.6) is 0 Å². The minimum Gasteiger partial charge on any atom is -0.387 e. The van der Waals surface area contributed by atoms with Gasteiger partial charge in [0, 0.05) is 6.42 Å². The van der Waals surface area contributed by atoms with Gasteiger partial charge in [-0.15, -0.1) is 0 Å². The number of phosphoric acid groups is 1. The quantitative estimate of drug-likeness (QED) is 0.0410. The van der Waals surface area contributed by atoms with Gasteiger partial charge in [-0.1, -0.05) is 102 Å². The molecule has 0 aromatic heterocycles. The van der Waals surface area contributed by atoms with Crippen LogP contribution in [0.2, 0.25) is 0 Å². The van der Waals surface area contributed by atoms with Crippen molar-refractivity contribution in [2.45, 2.75) is 129 Å². The average molecular weight is 590 g/mol. The molecule has 0 aromatic rings. The van der Waals surface area contributed by atoms with Gasteiger partial charge in [-0.2, -0.15) is 0 Å². The molecule has 1 amide bonds. The van der Waals surface area contributed by atoms with Gasteiger partial charge < -0.3 is 19.8 Å². The number of amides is 1. The van der Waals surface area contributed by atoms with Crippen LogP contribution in [0.4, 0.5) is 0 Å². The molecule has 0 bridgehead atoms. The summed E-state index contributed by atoms with van der Waals surface area (Å²) in [7, 11) is 1.55. The summed E-state index contributed by atoms with van der Waals surface area (Å²) in [5, 5.41) is 13.5. The van der Waals surface area contributed by atoms with Crippen molar-refractivity contribution in [2.75, 3.05) is 40.9 Å². The fourth-order valence-corrected chi connectivity index (χ4v) is 4.79. The van der Waals surface area contributed by atoms with Gasteiger partial charge in [-0.25, -0.2) is 4.57 Å². The van der Waals surface area contributed by atoms with Gasteiger partial charge in [0.05, 0.1) is 39.9 Å². The number of carbonyl (C=O) groups is 1.